The van der Waals surface area contributed by atoms with Gasteiger partial charge in [-0.25, -0.2) is 14.6 Å². The van der Waals surface area contributed by atoms with Crippen molar-refractivity contribution in [3.63, 3.8) is 0 Å². The highest BCUT2D eigenvalue weighted by Crippen LogP contribution is 2.35. The van der Waals surface area contributed by atoms with E-state index in [-0.39, 0.29) is 22.5 Å². The largest absolute Gasteiger partial charge is 0.443 e. The van der Waals surface area contributed by atoms with Crippen LogP contribution in [-0.2, 0) is 14.3 Å². The second kappa shape index (κ2) is 8.07. The molecule has 1 aliphatic rings. The van der Waals surface area contributed by atoms with Gasteiger partial charge in [0.25, 0.3) is 0 Å². The summed E-state index contributed by atoms with van der Waals surface area (Å²) in [5.74, 6) is 0.177. The third kappa shape index (κ3) is 5.92. The first-order chi connectivity index (χ1) is 12.8. The van der Waals surface area contributed by atoms with Gasteiger partial charge in [-0.1, -0.05) is 11.6 Å². The molecule has 0 unspecified atom stereocenters. The van der Waals surface area contributed by atoms with Crippen molar-refractivity contribution in [3.8, 4) is 0 Å². The number of carbonyl (C=O) groups excluding carboxylic acids is 3. The Morgan fingerprint density at radius 3 is 2.04 bits per heavy atom. The fourth-order valence-corrected chi connectivity index (χ4v) is 3.05. The molecule has 28 heavy (non-hydrogen) atoms. The molecule has 0 spiro atoms. The number of amides is 2. The minimum atomic E-state index is -0.931. The molecule has 1 saturated carbocycles. The summed E-state index contributed by atoms with van der Waals surface area (Å²) < 4.78 is 10.7. The zero-order chi connectivity index (χ0) is 21.3. The number of rotatable bonds is 2. The molecular formula is C20H27ClN2O5. The fraction of sp³-hybridized carbons (Fsp3) is 0.600. The molecule has 2 amide bonds. The number of imide groups is 1. The van der Waals surface area contributed by atoms with Crippen LogP contribution in [0.2, 0.25) is 5.02 Å². The van der Waals surface area contributed by atoms with Crippen molar-refractivity contribution < 1.29 is 23.9 Å². The molecule has 1 aromatic rings. The van der Waals surface area contributed by atoms with Gasteiger partial charge in [-0.3, -0.25) is 4.79 Å². The van der Waals surface area contributed by atoms with Gasteiger partial charge in [0.15, 0.2) is 5.82 Å². The maximum Gasteiger partial charge on any atom is 0.425 e. The van der Waals surface area contributed by atoms with Gasteiger partial charge >= 0.3 is 12.2 Å². The molecule has 2 rings (SSSR count). The second-order valence-corrected chi connectivity index (χ2v) is 9.26. The highest BCUT2D eigenvalue weighted by molar-refractivity contribution is 6.34. The third-order valence-electron chi connectivity index (χ3n) is 3.92. The number of ether oxygens (including phenoxy) is 2. The van der Waals surface area contributed by atoms with E-state index < -0.39 is 23.4 Å². The lowest BCUT2D eigenvalue weighted by molar-refractivity contribution is -0.117. The molecule has 154 valence electrons. The van der Waals surface area contributed by atoms with Crippen LogP contribution in [0.15, 0.2) is 12.3 Å². The average molecular weight is 411 g/mol. The predicted octanol–water partition coefficient (Wildman–Crippen LogP) is 5.25. The Morgan fingerprint density at radius 2 is 1.64 bits per heavy atom. The maximum atomic E-state index is 12.7. The number of aromatic nitrogens is 1. The van der Waals surface area contributed by atoms with Crippen LogP contribution in [0.25, 0.3) is 0 Å². The minimum absolute atomic E-state index is 0.0445. The summed E-state index contributed by atoms with van der Waals surface area (Å²) in [5, 5.41) is 0.105. The summed E-state index contributed by atoms with van der Waals surface area (Å²) in [6.07, 6.45) is 1.38. The summed E-state index contributed by atoms with van der Waals surface area (Å²) in [6.45, 7) is 10.1. The topological polar surface area (TPSA) is 85.8 Å². The molecule has 1 aromatic heterocycles. The van der Waals surface area contributed by atoms with E-state index in [0.29, 0.717) is 17.7 Å². The number of ketones is 1. The highest BCUT2D eigenvalue weighted by atomic mass is 35.5. The van der Waals surface area contributed by atoms with Crippen LogP contribution in [0.3, 0.4) is 0 Å². The summed E-state index contributed by atoms with van der Waals surface area (Å²) in [6, 6.07) is 1.63. The van der Waals surface area contributed by atoms with Gasteiger partial charge in [-0.05, 0) is 65.5 Å². The number of anilines is 1. The molecular weight excluding hydrogens is 384 g/mol. The Bertz CT molecular complexity index is 752. The normalized spacial score (nSPS) is 17.4. The smallest absolute Gasteiger partial charge is 0.425 e. The predicted molar refractivity (Wildman–Crippen MR) is 106 cm³/mol. The molecule has 0 saturated heterocycles. The molecule has 0 aromatic carbocycles. The van der Waals surface area contributed by atoms with E-state index >= 15 is 0 Å². The van der Waals surface area contributed by atoms with Crippen LogP contribution in [0.4, 0.5) is 15.4 Å². The third-order valence-corrected chi connectivity index (χ3v) is 4.20. The quantitative estimate of drug-likeness (QED) is 0.661. The standard InChI is InChI=1S/C20H27ClN2O5/c1-19(2,3)27-17(25)23(18(26)28-20(4,5)6)16-15(21)10-13(11-22-16)12-7-8-14(24)9-12/h10-12H,7-9H2,1-6H3/t12-/m1/s1. The van der Waals surface area contributed by atoms with Gasteiger partial charge in [0.1, 0.15) is 17.0 Å². The number of halogens is 1. The number of pyridine rings is 1. The average Bonchev–Trinajstić information content (AvgIpc) is 2.92. The van der Waals surface area contributed by atoms with E-state index in [4.69, 9.17) is 21.1 Å². The van der Waals surface area contributed by atoms with Crippen LogP contribution < -0.4 is 4.90 Å². The molecule has 7 nitrogen and oxygen atoms in total. The first-order valence-electron chi connectivity index (χ1n) is 9.20. The van der Waals surface area contributed by atoms with E-state index in [2.05, 4.69) is 4.98 Å². The first-order valence-corrected chi connectivity index (χ1v) is 9.58. The molecule has 0 aliphatic heterocycles. The van der Waals surface area contributed by atoms with Crippen molar-refractivity contribution in [1.29, 1.82) is 0 Å². The lowest BCUT2D eigenvalue weighted by Crippen LogP contribution is -2.44. The van der Waals surface area contributed by atoms with Crippen LogP contribution in [0, 0.1) is 0 Å². The number of hydrogen-bond acceptors (Lipinski definition) is 6. The Kier molecular flexibility index (Phi) is 6.38. The summed E-state index contributed by atoms with van der Waals surface area (Å²) in [7, 11) is 0. The summed E-state index contributed by atoms with van der Waals surface area (Å²) >= 11 is 6.36. The molecule has 8 heteroatoms. The lowest BCUT2D eigenvalue weighted by Gasteiger charge is -2.28. The van der Waals surface area contributed by atoms with E-state index in [0.717, 1.165) is 12.0 Å². The maximum absolute atomic E-state index is 12.7. The minimum Gasteiger partial charge on any atom is -0.443 e. The van der Waals surface area contributed by atoms with Gasteiger partial charge < -0.3 is 9.47 Å². The Morgan fingerprint density at radius 1 is 1.11 bits per heavy atom. The Hall–Kier alpha value is -2.15. The van der Waals surface area contributed by atoms with E-state index in [9.17, 15) is 14.4 Å². The van der Waals surface area contributed by atoms with Gasteiger partial charge in [-0.2, -0.15) is 4.90 Å². The number of carbonyl (C=O) groups is 3. The molecule has 0 radical (unpaired) electrons. The molecule has 1 aliphatic carbocycles. The number of nitrogens with zero attached hydrogens (tertiary/aromatic N) is 2. The molecule has 1 fully saturated rings. The van der Waals surface area contributed by atoms with Crippen molar-refractivity contribution in [2.24, 2.45) is 0 Å². The van der Waals surface area contributed by atoms with E-state index in [1.54, 1.807) is 47.6 Å². The van der Waals surface area contributed by atoms with Crippen molar-refractivity contribution in [1.82, 2.24) is 4.98 Å². The SMILES string of the molecule is CC(C)(C)OC(=O)N(C(=O)OC(C)(C)C)c1ncc([C@@H]2CCC(=O)C2)cc1Cl. The lowest BCUT2D eigenvalue weighted by atomic mass is 9.99. The van der Waals surface area contributed by atoms with Gasteiger partial charge in [0, 0.05) is 19.0 Å². The van der Waals surface area contributed by atoms with Crippen molar-refractivity contribution in [2.45, 2.75) is 77.9 Å². The molecule has 1 heterocycles. The van der Waals surface area contributed by atoms with Crippen LogP contribution in [-0.4, -0.2) is 34.2 Å². The van der Waals surface area contributed by atoms with Crippen LogP contribution >= 0.6 is 11.6 Å². The zero-order valence-electron chi connectivity index (χ0n) is 17.2. The van der Waals surface area contributed by atoms with Crippen molar-refractivity contribution in [3.05, 3.63) is 22.8 Å². The monoisotopic (exact) mass is 410 g/mol. The summed E-state index contributed by atoms with van der Waals surface area (Å²) in [4.78, 5) is 41.8. The highest BCUT2D eigenvalue weighted by Gasteiger charge is 2.35. The van der Waals surface area contributed by atoms with E-state index in [1.165, 1.54) is 6.20 Å². The van der Waals surface area contributed by atoms with Gasteiger partial charge in [0.2, 0.25) is 0 Å². The van der Waals surface area contributed by atoms with Crippen LogP contribution in [0.5, 0.6) is 0 Å². The first kappa shape index (κ1) is 22.1. The van der Waals surface area contributed by atoms with Crippen molar-refractivity contribution in [2.75, 3.05) is 4.90 Å². The molecule has 1 atom stereocenters. The Labute approximate surface area is 170 Å². The fourth-order valence-electron chi connectivity index (χ4n) is 2.79. The van der Waals surface area contributed by atoms with Gasteiger partial charge in [0.05, 0.1) is 5.02 Å². The van der Waals surface area contributed by atoms with Crippen molar-refractivity contribution >= 4 is 35.4 Å². The van der Waals surface area contributed by atoms with Crippen LogP contribution in [0.1, 0.15) is 72.3 Å². The second-order valence-electron chi connectivity index (χ2n) is 8.85. The van der Waals surface area contributed by atoms with Gasteiger partial charge in [-0.15, -0.1) is 0 Å². The zero-order valence-corrected chi connectivity index (χ0v) is 17.9. The van der Waals surface area contributed by atoms with E-state index in [1.807, 2.05) is 0 Å². The number of Topliss-reactive ketones (excluding diaryl/α,β-unsaturated/α-hetero) is 1. The number of hydrogen-bond donors (Lipinski definition) is 0. The molecule has 0 bridgehead atoms. The summed E-state index contributed by atoms with van der Waals surface area (Å²) in [5.41, 5.74) is -0.852. The Balaban J connectivity index is 2.37. The molecule has 0 N–H and O–H groups in total.